The van der Waals surface area contributed by atoms with Crippen molar-refractivity contribution in [3.05, 3.63) is 38.5 Å². The first-order valence-corrected chi connectivity index (χ1v) is 5.77. The van der Waals surface area contributed by atoms with Crippen LogP contribution >= 0.6 is 0 Å². The van der Waals surface area contributed by atoms with E-state index in [1.54, 1.807) is 0 Å². The van der Waals surface area contributed by atoms with Gasteiger partial charge in [0, 0.05) is 6.55 Å². The summed E-state index contributed by atoms with van der Waals surface area (Å²) in [5.74, 6) is 0. The van der Waals surface area contributed by atoms with Gasteiger partial charge >= 0.3 is 8.80 Å². The van der Waals surface area contributed by atoms with Crippen molar-refractivity contribution < 1.29 is 28.4 Å². The highest BCUT2D eigenvalue weighted by molar-refractivity contribution is 6.58. The molecule has 0 aliphatic heterocycles. The van der Waals surface area contributed by atoms with E-state index in [9.17, 15) is 0 Å². The molecule has 0 rings (SSSR count). The molecule has 0 spiro atoms. The summed E-state index contributed by atoms with van der Waals surface area (Å²) >= 11 is 0. The first kappa shape index (κ1) is 12.7. The lowest BCUT2D eigenvalue weighted by molar-refractivity contribution is -0.318. The van der Waals surface area contributed by atoms with Gasteiger partial charge in [-0.05, 0) is 0 Å². The maximum Gasteiger partial charge on any atom is 0.616 e. The molecule has 7 heteroatoms. The first-order chi connectivity index (χ1) is 6.68. The van der Waals surface area contributed by atoms with Crippen LogP contribution in [0.25, 0.3) is 0 Å². The van der Waals surface area contributed by atoms with Gasteiger partial charge in [0.05, 0.1) is 0 Å². The van der Waals surface area contributed by atoms with Crippen LogP contribution in [0.4, 0.5) is 0 Å². The third-order valence-electron chi connectivity index (χ3n) is 0.803. The summed E-state index contributed by atoms with van der Waals surface area (Å²) in [6.45, 7) is 11.3. The summed E-state index contributed by atoms with van der Waals surface area (Å²) in [5.41, 5.74) is 0. The quantitative estimate of drug-likeness (QED) is 0.256. The largest absolute Gasteiger partial charge is 0.616 e. The average Bonchev–Trinajstić information content (AvgIpc) is 2.21. The minimum absolute atomic E-state index is 1.06. The van der Waals surface area contributed by atoms with E-state index in [1.165, 1.54) is 6.55 Å². The molecule has 6 nitrogen and oxygen atoms in total. The van der Waals surface area contributed by atoms with Gasteiger partial charge in [-0.1, -0.05) is 19.7 Å². The molecule has 0 saturated carbocycles. The molecule has 0 amide bonds. The Balaban J connectivity index is 4.07. The zero-order chi connectivity index (χ0) is 10.9. The van der Waals surface area contributed by atoms with Gasteiger partial charge < -0.3 is 14.7 Å². The molecule has 0 bridgehead atoms. The lowest BCUT2D eigenvalue weighted by atomic mass is 11.2. The van der Waals surface area contributed by atoms with E-state index in [0.29, 0.717) is 0 Å². The number of hydrogen-bond acceptors (Lipinski definition) is 6. The van der Waals surface area contributed by atoms with E-state index in [0.717, 1.165) is 18.8 Å². The molecule has 0 aromatic heterocycles. The molecular formula is C7H12O6Si. The Morgan fingerprint density at radius 1 is 0.786 bits per heavy atom. The Morgan fingerprint density at radius 2 is 1.07 bits per heavy atom. The minimum atomic E-state index is -3.19. The first-order valence-electron chi connectivity index (χ1n) is 3.54. The van der Waals surface area contributed by atoms with Crippen molar-refractivity contribution in [2.24, 2.45) is 0 Å². The van der Waals surface area contributed by atoms with Crippen molar-refractivity contribution in [3.63, 3.8) is 0 Å². The molecule has 14 heavy (non-hydrogen) atoms. The van der Waals surface area contributed by atoms with Crippen molar-refractivity contribution in [3.8, 4) is 0 Å². The Bertz CT molecular complexity index is 163. The van der Waals surface area contributed by atoms with Crippen LogP contribution in [0.15, 0.2) is 38.5 Å². The van der Waals surface area contributed by atoms with E-state index in [1.807, 2.05) is 0 Å². The fourth-order valence-corrected chi connectivity index (χ4v) is 1.22. The Morgan fingerprint density at radius 3 is 1.29 bits per heavy atom. The summed E-state index contributed by atoms with van der Waals surface area (Å²) in [4.78, 5) is 13.3. The van der Waals surface area contributed by atoms with E-state index < -0.39 is 8.80 Å². The van der Waals surface area contributed by atoms with Gasteiger partial charge in [-0.25, -0.2) is 0 Å². The average molecular weight is 220 g/mol. The van der Waals surface area contributed by atoms with Gasteiger partial charge in [0.2, 0.25) is 0 Å². The highest BCUT2D eigenvalue weighted by Gasteiger charge is 2.43. The van der Waals surface area contributed by atoms with Crippen LogP contribution in [0.2, 0.25) is 6.55 Å². The van der Waals surface area contributed by atoms with E-state index in [4.69, 9.17) is 13.7 Å². The molecule has 0 aliphatic rings. The van der Waals surface area contributed by atoms with Crippen LogP contribution in [-0.4, -0.2) is 8.80 Å². The van der Waals surface area contributed by atoms with Crippen LogP contribution in [0.5, 0.6) is 0 Å². The van der Waals surface area contributed by atoms with Crippen LogP contribution in [0, 0.1) is 0 Å². The highest BCUT2D eigenvalue weighted by atomic mass is 28.4. The molecule has 0 fully saturated rings. The minimum Gasteiger partial charge on any atom is -0.352 e. The number of hydrogen-bond donors (Lipinski definition) is 0. The second-order valence-corrected chi connectivity index (χ2v) is 4.13. The summed E-state index contributed by atoms with van der Waals surface area (Å²) < 4.78 is 14.1. The van der Waals surface area contributed by atoms with Gasteiger partial charge in [0.15, 0.2) is 0 Å². The Kier molecular flexibility index (Phi) is 6.50. The highest BCUT2D eigenvalue weighted by Crippen LogP contribution is 2.11. The molecule has 0 heterocycles. The van der Waals surface area contributed by atoms with E-state index in [-0.39, 0.29) is 0 Å². The van der Waals surface area contributed by atoms with Gasteiger partial charge in [-0.15, -0.1) is 0 Å². The third-order valence-corrected chi connectivity index (χ3v) is 2.00. The summed E-state index contributed by atoms with van der Waals surface area (Å²) in [5, 5.41) is 0. The van der Waals surface area contributed by atoms with E-state index in [2.05, 4.69) is 34.4 Å². The van der Waals surface area contributed by atoms with Gasteiger partial charge in [-0.3, -0.25) is 0 Å². The van der Waals surface area contributed by atoms with Crippen LogP contribution in [0.1, 0.15) is 0 Å². The maximum atomic E-state index is 4.71. The Hall–Kier alpha value is -1.28. The fraction of sp³-hybridized carbons (Fsp3) is 0.143. The zero-order valence-corrected chi connectivity index (χ0v) is 8.80. The summed E-state index contributed by atoms with van der Waals surface area (Å²) in [6, 6.07) is 0. The summed E-state index contributed by atoms with van der Waals surface area (Å²) in [7, 11) is -3.19. The van der Waals surface area contributed by atoms with Crippen molar-refractivity contribution in [2.75, 3.05) is 0 Å². The molecule has 0 aromatic carbocycles. The van der Waals surface area contributed by atoms with Gasteiger partial charge in [0.1, 0.15) is 18.8 Å². The van der Waals surface area contributed by atoms with Crippen molar-refractivity contribution in [1.29, 1.82) is 0 Å². The van der Waals surface area contributed by atoms with Crippen LogP contribution in [-0.2, 0) is 28.4 Å². The van der Waals surface area contributed by atoms with Crippen molar-refractivity contribution in [2.45, 2.75) is 6.55 Å². The lowest BCUT2D eigenvalue weighted by Gasteiger charge is -2.18. The third kappa shape index (κ3) is 5.38. The summed E-state index contributed by atoms with van der Waals surface area (Å²) in [6.07, 6.45) is 3.17. The van der Waals surface area contributed by atoms with Gasteiger partial charge in [0.25, 0.3) is 0 Å². The molecule has 0 aliphatic carbocycles. The van der Waals surface area contributed by atoms with E-state index >= 15 is 0 Å². The standard InChI is InChI=1S/C7H12O6Si/c1-5-8-11-14(4,12-9-6-2)13-10-7-3/h5-7H,1-3H2,4H3. The smallest absolute Gasteiger partial charge is 0.352 e. The Labute approximate surface area is 83.1 Å². The van der Waals surface area contributed by atoms with Crippen LogP contribution < -0.4 is 0 Å². The predicted molar refractivity (Wildman–Crippen MR) is 48.7 cm³/mol. The second-order valence-electron chi connectivity index (χ2n) is 1.90. The van der Waals surface area contributed by atoms with Crippen molar-refractivity contribution in [1.82, 2.24) is 0 Å². The molecule has 0 unspecified atom stereocenters. The lowest BCUT2D eigenvalue weighted by Crippen LogP contribution is -2.41. The van der Waals surface area contributed by atoms with Gasteiger partial charge in [-0.2, -0.15) is 13.7 Å². The van der Waals surface area contributed by atoms with Crippen molar-refractivity contribution >= 4 is 8.80 Å². The zero-order valence-electron chi connectivity index (χ0n) is 7.80. The van der Waals surface area contributed by atoms with Crippen LogP contribution in [0.3, 0.4) is 0 Å². The monoisotopic (exact) mass is 220 g/mol. The molecule has 0 saturated heterocycles. The molecule has 0 radical (unpaired) electrons. The molecule has 0 atom stereocenters. The molecule has 0 aromatic rings. The number of rotatable bonds is 9. The fourth-order valence-electron chi connectivity index (χ4n) is 0.406. The molecular weight excluding hydrogens is 208 g/mol. The SMILES string of the molecule is C=COO[Si](C)(OOC=C)OOC=C. The second kappa shape index (κ2) is 7.15. The maximum absolute atomic E-state index is 4.71. The molecule has 0 N–H and O–H groups in total. The molecule has 80 valence electrons. The topological polar surface area (TPSA) is 55.4 Å². The normalized spacial score (nSPS) is 10.1. The predicted octanol–water partition coefficient (Wildman–Crippen LogP) is 1.83.